The summed E-state index contributed by atoms with van der Waals surface area (Å²) in [4.78, 5) is 36.7. The molecule has 166 valence electrons. The Hall–Kier alpha value is -3.24. The van der Waals surface area contributed by atoms with Crippen molar-refractivity contribution in [2.75, 3.05) is 29.9 Å². The van der Waals surface area contributed by atoms with Crippen molar-refractivity contribution in [2.45, 2.75) is 25.2 Å². The van der Waals surface area contributed by atoms with E-state index in [-0.39, 0.29) is 29.7 Å². The number of nitrogens with one attached hydrogen (secondary N) is 2. The number of para-hydroxylation sites is 1. The van der Waals surface area contributed by atoms with Crippen LogP contribution in [0.25, 0.3) is 0 Å². The second-order valence-corrected chi connectivity index (χ2v) is 8.25. The first-order chi connectivity index (χ1) is 14.7. The van der Waals surface area contributed by atoms with Gasteiger partial charge in [-0.05, 0) is 43.3 Å². The summed E-state index contributed by atoms with van der Waals surface area (Å²) in [5.74, 6) is -1.33. The Labute approximate surface area is 181 Å². The van der Waals surface area contributed by atoms with Crippen LogP contribution in [-0.2, 0) is 29.1 Å². The Bertz CT molecular complexity index is 1010. The fraction of sp³-hybridized carbons (Fsp3) is 0.286. The Kier molecular flexibility index (Phi) is 8.71. The molecule has 2 N–H and O–H groups in total. The molecule has 9 nitrogen and oxygen atoms in total. The number of hydrogen-bond donors (Lipinski definition) is 2. The summed E-state index contributed by atoms with van der Waals surface area (Å²) < 4.78 is 31.9. The number of rotatable bonds is 10. The molecule has 0 fully saturated rings. The lowest BCUT2D eigenvalue weighted by molar-refractivity contribution is -0.147. The summed E-state index contributed by atoms with van der Waals surface area (Å²) in [6.45, 7) is 2.96. The van der Waals surface area contributed by atoms with Gasteiger partial charge in [-0.3, -0.25) is 14.4 Å². The standard InChI is InChI=1S/C21H25N3O6S/c1-3-24(18-7-5-4-6-8-18)20(26)15-30-21(27)13-14-22-31(28,29)19-11-9-17(10-12-19)23-16(2)25/h4-12,22H,3,13-15H2,1-2H3,(H,23,25). The SMILES string of the molecule is CCN(C(=O)COC(=O)CCNS(=O)(=O)c1ccc(NC(C)=O)cc1)c1ccccc1. The maximum Gasteiger partial charge on any atom is 0.307 e. The van der Waals surface area contributed by atoms with Crippen molar-refractivity contribution in [2.24, 2.45) is 0 Å². The average Bonchev–Trinajstić information content (AvgIpc) is 2.73. The normalized spacial score (nSPS) is 10.9. The second kappa shape index (κ2) is 11.2. The van der Waals surface area contributed by atoms with E-state index in [9.17, 15) is 22.8 Å². The first kappa shape index (κ1) is 24.0. The highest BCUT2D eigenvalue weighted by Gasteiger charge is 2.17. The van der Waals surface area contributed by atoms with Crippen molar-refractivity contribution < 1.29 is 27.5 Å². The third-order valence-corrected chi connectivity index (χ3v) is 5.62. The highest BCUT2D eigenvalue weighted by Crippen LogP contribution is 2.14. The quantitative estimate of drug-likeness (QED) is 0.537. The van der Waals surface area contributed by atoms with E-state index in [2.05, 4.69) is 10.0 Å². The van der Waals surface area contributed by atoms with Gasteiger partial charge in [-0.25, -0.2) is 13.1 Å². The van der Waals surface area contributed by atoms with Gasteiger partial charge >= 0.3 is 5.97 Å². The van der Waals surface area contributed by atoms with E-state index in [4.69, 9.17) is 4.74 Å². The van der Waals surface area contributed by atoms with E-state index in [1.165, 1.54) is 36.1 Å². The lowest BCUT2D eigenvalue weighted by Crippen LogP contribution is -2.35. The zero-order valence-corrected chi connectivity index (χ0v) is 18.1. The number of carbonyl (C=O) groups is 3. The molecule has 0 spiro atoms. The molecule has 2 aromatic carbocycles. The highest BCUT2D eigenvalue weighted by molar-refractivity contribution is 7.89. The largest absolute Gasteiger partial charge is 0.456 e. The van der Waals surface area contributed by atoms with Gasteiger partial charge in [0, 0.05) is 31.4 Å². The van der Waals surface area contributed by atoms with Crippen LogP contribution in [0.5, 0.6) is 0 Å². The molecule has 2 rings (SSSR count). The highest BCUT2D eigenvalue weighted by atomic mass is 32.2. The van der Waals surface area contributed by atoms with Gasteiger partial charge in [-0.2, -0.15) is 0 Å². The number of amides is 2. The molecular weight excluding hydrogens is 422 g/mol. The van der Waals surface area contributed by atoms with Crippen LogP contribution in [0, 0.1) is 0 Å². The molecule has 0 bridgehead atoms. The van der Waals surface area contributed by atoms with Crippen LogP contribution in [0.2, 0.25) is 0 Å². The Morgan fingerprint density at radius 2 is 1.65 bits per heavy atom. The number of carbonyl (C=O) groups excluding carboxylic acids is 3. The van der Waals surface area contributed by atoms with Crippen LogP contribution in [-0.4, -0.2) is 45.9 Å². The zero-order chi connectivity index (χ0) is 22.9. The van der Waals surface area contributed by atoms with Crippen LogP contribution in [0.15, 0.2) is 59.5 Å². The van der Waals surface area contributed by atoms with Gasteiger partial charge in [0.25, 0.3) is 5.91 Å². The molecule has 2 amide bonds. The number of sulfonamides is 1. The molecule has 10 heteroatoms. The molecule has 31 heavy (non-hydrogen) atoms. The molecule has 0 unspecified atom stereocenters. The zero-order valence-electron chi connectivity index (χ0n) is 17.3. The Morgan fingerprint density at radius 1 is 1.00 bits per heavy atom. The fourth-order valence-corrected chi connectivity index (χ4v) is 3.73. The third kappa shape index (κ3) is 7.50. The molecule has 0 saturated heterocycles. The van der Waals surface area contributed by atoms with E-state index in [0.717, 1.165) is 0 Å². The lowest BCUT2D eigenvalue weighted by atomic mass is 10.3. The van der Waals surface area contributed by atoms with Gasteiger partial charge in [0.1, 0.15) is 0 Å². The van der Waals surface area contributed by atoms with Gasteiger partial charge < -0.3 is 15.0 Å². The summed E-state index contributed by atoms with van der Waals surface area (Å²) in [6, 6.07) is 14.6. The minimum atomic E-state index is -3.83. The molecule has 0 atom stereocenters. The van der Waals surface area contributed by atoms with E-state index in [1.54, 1.807) is 24.3 Å². The maximum atomic E-state index is 12.3. The molecular formula is C21H25N3O6S. The average molecular weight is 448 g/mol. The first-order valence-electron chi connectivity index (χ1n) is 9.61. The summed E-state index contributed by atoms with van der Waals surface area (Å²) in [5.41, 5.74) is 1.17. The first-order valence-corrected chi connectivity index (χ1v) is 11.1. The van der Waals surface area contributed by atoms with Crippen molar-refractivity contribution in [1.29, 1.82) is 0 Å². The summed E-state index contributed by atoms with van der Waals surface area (Å²) in [7, 11) is -3.83. The molecule has 2 aromatic rings. The smallest absolute Gasteiger partial charge is 0.307 e. The van der Waals surface area contributed by atoms with E-state index in [1.807, 2.05) is 13.0 Å². The number of hydrogen-bond acceptors (Lipinski definition) is 6. The van der Waals surface area contributed by atoms with Crippen molar-refractivity contribution in [1.82, 2.24) is 4.72 Å². The van der Waals surface area contributed by atoms with Crippen LogP contribution >= 0.6 is 0 Å². The van der Waals surface area contributed by atoms with Gasteiger partial charge in [0.2, 0.25) is 15.9 Å². The van der Waals surface area contributed by atoms with Crippen molar-refractivity contribution in [3.05, 3.63) is 54.6 Å². The van der Waals surface area contributed by atoms with Crippen LogP contribution in [0.3, 0.4) is 0 Å². The monoisotopic (exact) mass is 447 g/mol. The van der Waals surface area contributed by atoms with Gasteiger partial charge in [0.15, 0.2) is 6.61 Å². The maximum absolute atomic E-state index is 12.3. The predicted molar refractivity (Wildman–Crippen MR) is 116 cm³/mol. The predicted octanol–water partition coefficient (Wildman–Crippen LogP) is 1.91. The minimum absolute atomic E-state index is 0.00778. The molecule has 0 heterocycles. The van der Waals surface area contributed by atoms with Crippen molar-refractivity contribution in [3.8, 4) is 0 Å². The summed E-state index contributed by atoms with van der Waals surface area (Å²) in [6.07, 6.45) is -0.228. The van der Waals surface area contributed by atoms with E-state index in [0.29, 0.717) is 17.9 Å². The van der Waals surface area contributed by atoms with E-state index >= 15 is 0 Å². The Balaban J connectivity index is 1.80. The molecule has 0 saturated carbocycles. The number of likely N-dealkylation sites (N-methyl/N-ethyl adjacent to an activating group) is 1. The van der Waals surface area contributed by atoms with Crippen molar-refractivity contribution >= 4 is 39.2 Å². The molecule has 0 radical (unpaired) electrons. The minimum Gasteiger partial charge on any atom is -0.456 e. The van der Waals surface area contributed by atoms with E-state index < -0.39 is 22.6 Å². The number of ether oxygens (including phenoxy) is 1. The Morgan fingerprint density at radius 3 is 2.23 bits per heavy atom. The molecule has 0 aliphatic carbocycles. The number of nitrogens with zero attached hydrogens (tertiary/aromatic N) is 1. The lowest BCUT2D eigenvalue weighted by Gasteiger charge is -2.20. The number of esters is 1. The topological polar surface area (TPSA) is 122 Å². The van der Waals surface area contributed by atoms with Gasteiger partial charge in [-0.1, -0.05) is 18.2 Å². The second-order valence-electron chi connectivity index (χ2n) is 6.49. The fourth-order valence-electron chi connectivity index (χ4n) is 2.69. The molecule has 0 aromatic heterocycles. The number of anilines is 2. The van der Waals surface area contributed by atoms with Crippen LogP contribution in [0.4, 0.5) is 11.4 Å². The van der Waals surface area contributed by atoms with Crippen molar-refractivity contribution in [3.63, 3.8) is 0 Å². The van der Waals surface area contributed by atoms with Gasteiger partial charge in [0.05, 0.1) is 11.3 Å². The molecule has 0 aliphatic rings. The number of benzene rings is 2. The molecule has 0 aliphatic heterocycles. The van der Waals surface area contributed by atoms with Crippen LogP contribution in [0.1, 0.15) is 20.3 Å². The summed E-state index contributed by atoms with van der Waals surface area (Å²) >= 11 is 0. The van der Waals surface area contributed by atoms with Crippen LogP contribution < -0.4 is 14.9 Å². The van der Waals surface area contributed by atoms with Gasteiger partial charge in [-0.15, -0.1) is 0 Å². The summed E-state index contributed by atoms with van der Waals surface area (Å²) in [5, 5.41) is 2.54. The third-order valence-electron chi connectivity index (χ3n) is 4.15.